The lowest BCUT2D eigenvalue weighted by Gasteiger charge is -2.31. The third kappa shape index (κ3) is 6.17. The average molecular weight is 400 g/mol. The van der Waals surface area contributed by atoms with Crippen LogP contribution in [-0.2, 0) is 11.3 Å². The molecule has 3 N–H and O–H groups in total. The molecule has 1 aliphatic rings. The molecule has 0 aliphatic carbocycles. The molecule has 2 aromatic rings. The van der Waals surface area contributed by atoms with Gasteiger partial charge in [0.05, 0.1) is 0 Å². The molecular weight excluding hydrogens is 370 g/mol. The molecule has 0 aromatic heterocycles. The molecule has 0 bridgehead atoms. The number of para-hydroxylation sites is 1. The SMILES string of the molecule is CC(CCC(=O)NCc1ccccc1N1CCNCC1)Sc1ccc(O)cc1. The second-order valence-corrected chi connectivity index (χ2v) is 8.62. The van der Waals surface area contributed by atoms with Crippen molar-refractivity contribution in [2.24, 2.45) is 0 Å². The van der Waals surface area contributed by atoms with E-state index in [2.05, 4.69) is 40.7 Å². The van der Waals surface area contributed by atoms with Crippen LogP contribution in [-0.4, -0.2) is 42.4 Å². The van der Waals surface area contributed by atoms with Crippen LogP contribution in [0.15, 0.2) is 53.4 Å². The summed E-state index contributed by atoms with van der Waals surface area (Å²) >= 11 is 1.73. The fourth-order valence-corrected chi connectivity index (χ4v) is 4.30. The Labute approximate surface area is 171 Å². The van der Waals surface area contributed by atoms with E-state index in [1.165, 1.54) is 11.3 Å². The summed E-state index contributed by atoms with van der Waals surface area (Å²) in [6.07, 6.45) is 1.33. The lowest BCUT2D eigenvalue weighted by atomic mass is 10.1. The Hall–Kier alpha value is -2.18. The molecule has 1 saturated heterocycles. The largest absolute Gasteiger partial charge is 0.508 e. The van der Waals surface area contributed by atoms with Gasteiger partial charge in [-0.15, -0.1) is 11.8 Å². The zero-order valence-electron chi connectivity index (χ0n) is 16.4. The fraction of sp³-hybridized carbons (Fsp3) is 0.409. The monoisotopic (exact) mass is 399 g/mol. The number of phenolic OH excluding ortho intramolecular Hbond substituents is 1. The molecule has 2 aromatic carbocycles. The summed E-state index contributed by atoms with van der Waals surface area (Å²) in [4.78, 5) is 15.8. The van der Waals surface area contributed by atoms with E-state index in [9.17, 15) is 9.90 Å². The van der Waals surface area contributed by atoms with Gasteiger partial charge in [0.15, 0.2) is 0 Å². The number of benzene rings is 2. The van der Waals surface area contributed by atoms with Crippen LogP contribution >= 0.6 is 11.8 Å². The third-order valence-electron chi connectivity index (χ3n) is 4.88. The van der Waals surface area contributed by atoms with E-state index < -0.39 is 0 Å². The van der Waals surface area contributed by atoms with Crippen molar-refractivity contribution in [3.05, 3.63) is 54.1 Å². The molecule has 1 heterocycles. The Bertz CT molecular complexity index is 761. The molecule has 1 amide bonds. The fourth-order valence-electron chi connectivity index (χ4n) is 3.31. The molecule has 0 radical (unpaired) electrons. The van der Waals surface area contributed by atoms with Crippen LogP contribution in [0, 0.1) is 0 Å². The number of carbonyl (C=O) groups is 1. The Morgan fingerprint density at radius 1 is 1.18 bits per heavy atom. The average Bonchev–Trinajstić information content (AvgIpc) is 2.73. The van der Waals surface area contributed by atoms with Gasteiger partial charge < -0.3 is 20.6 Å². The van der Waals surface area contributed by atoms with E-state index in [-0.39, 0.29) is 11.7 Å². The predicted octanol–water partition coefficient (Wildman–Crippen LogP) is 3.38. The number of piperazine rings is 1. The number of hydrogen-bond acceptors (Lipinski definition) is 5. The first-order valence-corrected chi connectivity index (χ1v) is 10.8. The van der Waals surface area contributed by atoms with E-state index in [0.717, 1.165) is 37.5 Å². The maximum atomic E-state index is 12.3. The van der Waals surface area contributed by atoms with Gasteiger partial charge in [-0.2, -0.15) is 0 Å². The topological polar surface area (TPSA) is 64.6 Å². The highest BCUT2D eigenvalue weighted by atomic mass is 32.2. The van der Waals surface area contributed by atoms with Crippen LogP contribution in [0.25, 0.3) is 0 Å². The normalized spacial score (nSPS) is 15.2. The molecule has 3 rings (SSSR count). The number of aromatic hydroxyl groups is 1. The summed E-state index contributed by atoms with van der Waals surface area (Å²) in [5.41, 5.74) is 2.39. The molecular formula is C22H29N3O2S. The van der Waals surface area contributed by atoms with E-state index in [0.29, 0.717) is 18.2 Å². The van der Waals surface area contributed by atoms with Crippen molar-refractivity contribution in [1.29, 1.82) is 0 Å². The summed E-state index contributed by atoms with van der Waals surface area (Å²) in [5.74, 6) is 0.366. The highest BCUT2D eigenvalue weighted by molar-refractivity contribution is 7.99. The lowest BCUT2D eigenvalue weighted by Crippen LogP contribution is -2.44. The van der Waals surface area contributed by atoms with E-state index in [1.54, 1.807) is 23.9 Å². The van der Waals surface area contributed by atoms with Gasteiger partial charge in [0.1, 0.15) is 5.75 Å². The molecule has 0 saturated carbocycles. The Morgan fingerprint density at radius 2 is 1.89 bits per heavy atom. The summed E-state index contributed by atoms with van der Waals surface area (Å²) in [6.45, 7) is 6.69. The number of nitrogens with one attached hydrogen (secondary N) is 2. The van der Waals surface area contributed by atoms with Gasteiger partial charge in [-0.25, -0.2) is 0 Å². The van der Waals surface area contributed by atoms with E-state index >= 15 is 0 Å². The second kappa shape index (κ2) is 10.4. The molecule has 1 atom stereocenters. The summed E-state index contributed by atoms with van der Waals surface area (Å²) in [7, 11) is 0. The highest BCUT2D eigenvalue weighted by Gasteiger charge is 2.14. The molecule has 0 spiro atoms. The lowest BCUT2D eigenvalue weighted by molar-refractivity contribution is -0.121. The Morgan fingerprint density at radius 3 is 2.64 bits per heavy atom. The van der Waals surface area contributed by atoms with Crippen molar-refractivity contribution in [3.63, 3.8) is 0 Å². The molecule has 150 valence electrons. The first-order valence-electron chi connectivity index (χ1n) is 9.88. The molecule has 6 heteroatoms. The van der Waals surface area contributed by atoms with Crippen LogP contribution in [0.1, 0.15) is 25.3 Å². The van der Waals surface area contributed by atoms with Gasteiger partial charge >= 0.3 is 0 Å². The molecule has 28 heavy (non-hydrogen) atoms. The first-order chi connectivity index (χ1) is 13.6. The number of amides is 1. The van der Waals surface area contributed by atoms with Crippen LogP contribution < -0.4 is 15.5 Å². The third-order valence-corrected chi connectivity index (χ3v) is 6.06. The maximum absolute atomic E-state index is 12.3. The molecule has 1 aliphatic heterocycles. The minimum atomic E-state index is 0.0910. The van der Waals surface area contributed by atoms with Gasteiger partial charge in [0.2, 0.25) is 5.91 Å². The quantitative estimate of drug-likeness (QED) is 0.594. The summed E-state index contributed by atoms with van der Waals surface area (Å²) < 4.78 is 0. The van der Waals surface area contributed by atoms with Gasteiger partial charge in [0.25, 0.3) is 0 Å². The van der Waals surface area contributed by atoms with Crippen molar-refractivity contribution in [1.82, 2.24) is 10.6 Å². The number of nitrogens with zero attached hydrogens (tertiary/aromatic N) is 1. The van der Waals surface area contributed by atoms with Crippen molar-refractivity contribution in [3.8, 4) is 5.75 Å². The standard InChI is InChI=1S/C22H29N3O2S/c1-17(28-20-9-7-19(26)8-10-20)6-11-22(27)24-16-18-4-2-3-5-21(18)25-14-12-23-13-15-25/h2-5,7-10,17,23,26H,6,11-16H2,1H3,(H,24,27). The van der Waals surface area contributed by atoms with Crippen molar-refractivity contribution < 1.29 is 9.90 Å². The van der Waals surface area contributed by atoms with E-state index in [4.69, 9.17) is 0 Å². The number of thioether (sulfide) groups is 1. The van der Waals surface area contributed by atoms with Gasteiger partial charge in [-0.3, -0.25) is 4.79 Å². The van der Waals surface area contributed by atoms with Gasteiger partial charge in [0, 0.05) is 55.0 Å². The minimum Gasteiger partial charge on any atom is -0.508 e. The highest BCUT2D eigenvalue weighted by Crippen LogP contribution is 2.27. The van der Waals surface area contributed by atoms with Gasteiger partial charge in [-0.05, 0) is 42.3 Å². The molecule has 1 fully saturated rings. The number of anilines is 1. The maximum Gasteiger partial charge on any atom is 0.220 e. The number of carbonyl (C=O) groups excluding carboxylic acids is 1. The number of rotatable bonds is 8. The summed E-state index contributed by atoms with van der Waals surface area (Å²) in [6, 6.07) is 15.5. The zero-order valence-corrected chi connectivity index (χ0v) is 17.2. The van der Waals surface area contributed by atoms with Crippen LogP contribution in [0.4, 0.5) is 5.69 Å². The number of phenols is 1. The van der Waals surface area contributed by atoms with Crippen molar-refractivity contribution >= 4 is 23.4 Å². The van der Waals surface area contributed by atoms with Crippen LogP contribution in [0.5, 0.6) is 5.75 Å². The van der Waals surface area contributed by atoms with Crippen molar-refractivity contribution in [2.75, 3.05) is 31.1 Å². The van der Waals surface area contributed by atoms with Crippen molar-refractivity contribution in [2.45, 2.75) is 36.5 Å². The minimum absolute atomic E-state index is 0.0910. The predicted molar refractivity (Wildman–Crippen MR) is 116 cm³/mol. The van der Waals surface area contributed by atoms with Crippen LogP contribution in [0.2, 0.25) is 0 Å². The zero-order chi connectivity index (χ0) is 19.8. The Balaban J connectivity index is 1.45. The molecule has 1 unspecified atom stereocenters. The van der Waals surface area contributed by atoms with Gasteiger partial charge in [-0.1, -0.05) is 25.1 Å². The Kier molecular flexibility index (Phi) is 7.62. The first kappa shape index (κ1) is 20.6. The molecule has 5 nitrogen and oxygen atoms in total. The van der Waals surface area contributed by atoms with Crippen LogP contribution in [0.3, 0.4) is 0 Å². The number of hydrogen-bond donors (Lipinski definition) is 3. The van der Waals surface area contributed by atoms with E-state index in [1.807, 2.05) is 18.2 Å². The second-order valence-electron chi connectivity index (χ2n) is 7.10. The smallest absolute Gasteiger partial charge is 0.220 e. The summed E-state index contributed by atoms with van der Waals surface area (Å²) in [5, 5.41) is 16.1.